The zero-order valence-electron chi connectivity index (χ0n) is 14.7. The minimum absolute atomic E-state index is 0.204. The predicted octanol–water partition coefficient (Wildman–Crippen LogP) is 3.65. The molecule has 0 heterocycles. The van der Waals surface area contributed by atoms with E-state index in [2.05, 4.69) is 0 Å². The summed E-state index contributed by atoms with van der Waals surface area (Å²) in [7, 11) is 1.40. The molecule has 130 valence electrons. The van der Waals surface area contributed by atoms with Gasteiger partial charge in [-0.25, -0.2) is 0 Å². The predicted molar refractivity (Wildman–Crippen MR) is 85.7 cm³/mol. The van der Waals surface area contributed by atoms with Crippen molar-refractivity contribution in [2.45, 2.75) is 66.2 Å². The molecule has 0 radical (unpaired) electrons. The monoisotopic (exact) mass is 316 g/mol. The highest BCUT2D eigenvalue weighted by Crippen LogP contribution is 2.32. The molecule has 0 aliphatic heterocycles. The third-order valence-corrected chi connectivity index (χ3v) is 4.58. The molecule has 0 aromatic rings. The third kappa shape index (κ3) is 6.34. The molecule has 0 atom stereocenters. The molecule has 5 heteroatoms. The molecule has 0 aromatic carbocycles. The number of carbonyl (C=O) groups excluding carboxylic acids is 1. The molecule has 0 bridgehead atoms. The van der Waals surface area contributed by atoms with Crippen LogP contribution in [0.3, 0.4) is 0 Å². The summed E-state index contributed by atoms with van der Waals surface area (Å²) in [5, 5.41) is 9.34. The Morgan fingerprint density at radius 3 is 1.91 bits per heavy atom. The maximum atomic E-state index is 11.5. The standard InChI is InChI=1S/C17H32O5/c1-6-17(7-2,14(18)19)11-9-13-22-12-8-10-16(3,4)15(20)21-5/h6-13H2,1-5H3,(H,18,19). The Morgan fingerprint density at radius 1 is 1.00 bits per heavy atom. The van der Waals surface area contributed by atoms with Gasteiger partial charge < -0.3 is 14.6 Å². The van der Waals surface area contributed by atoms with Crippen LogP contribution in [0.15, 0.2) is 0 Å². The fraction of sp³-hybridized carbons (Fsp3) is 0.882. The lowest BCUT2D eigenvalue weighted by atomic mass is 9.78. The minimum Gasteiger partial charge on any atom is -0.481 e. The van der Waals surface area contributed by atoms with Gasteiger partial charge in [0, 0.05) is 13.2 Å². The summed E-state index contributed by atoms with van der Waals surface area (Å²) in [6.07, 6.45) is 4.17. The second kappa shape index (κ2) is 9.82. The molecule has 0 saturated carbocycles. The van der Waals surface area contributed by atoms with Crippen molar-refractivity contribution in [2.75, 3.05) is 20.3 Å². The highest BCUT2D eigenvalue weighted by Gasteiger charge is 2.34. The summed E-state index contributed by atoms with van der Waals surface area (Å²) < 4.78 is 10.3. The van der Waals surface area contributed by atoms with Crippen molar-refractivity contribution >= 4 is 11.9 Å². The topological polar surface area (TPSA) is 72.8 Å². The molecule has 0 aliphatic rings. The zero-order valence-corrected chi connectivity index (χ0v) is 14.7. The quantitative estimate of drug-likeness (QED) is 0.439. The fourth-order valence-corrected chi connectivity index (χ4v) is 2.62. The Hall–Kier alpha value is -1.10. The number of hydrogen-bond acceptors (Lipinski definition) is 4. The first-order chi connectivity index (χ1) is 10.3. The summed E-state index contributed by atoms with van der Waals surface area (Å²) >= 11 is 0. The van der Waals surface area contributed by atoms with Gasteiger partial charge in [0.1, 0.15) is 0 Å². The van der Waals surface area contributed by atoms with Crippen molar-refractivity contribution in [1.82, 2.24) is 0 Å². The van der Waals surface area contributed by atoms with E-state index in [0.717, 1.165) is 12.8 Å². The average molecular weight is 316 g/mol. The van der Waals surface area contributed by atoms with E-state index in [1.54, 1.807) is 0 Å². The Bertz CT molecular complexity index is 345. The molecule has 0 amide bonds. The van der Waals surface area contributed by atoms with Gasteiger partial charge >= 0.3 is 11.9 Å². The Balaban J connectivity index is 3.91. The first kappa shape index (κ1) is 20.9. The van der Waals surface area contributed by atoms with Crippen molar-refractivity contribution in [3.05, 3.63) is 0 Å². The van der Waals surface area contributed by atoms with E-state index < -0.39 is 16.8 Å². The van der Waals surface area contributed by atoms with Crippen LogP contribution in [0.2, 0.25) is 0 Å². The lowest BCUT2D eigenvalue weighted by Crippen LogP contribution is -2.30. The summed E-state index contributed by atoms with van der Waals surface area (Å²) in [6, 6.07) is 0. The van der Waals surface area contributed by atoms with E-state index in [1.165, 1.54) is 7.11 Å². The maximum Gasteiger partial charge on any atom is 0.311 e. The van der Waals surface area contributed by atoms with E-state index in [0.29, 0.717) is 38.9 Å². The summed E-state index contributed by atoms with van der Waals surface area (Å²) in [5.41, 5.74) is -1.10. The molecular weight excluding hydrogens is 284 g/mol. The van der Waals surface area contributed by atoms with E-state index in [9.17, 15) is 14.7 Å². The van der Waals surface area contributed by atoms with E-state index in [4.69, 9.17) is 9.47 Å². The number of carboxylic acid groups (broad SMARTS) is 1. The van der Waals surface area contributed by atoms with Crippen molar-refractivity contribution < 1.29 is 24.2 Å². The highest BCUT2D eigenvalue weighted by molar-refractivity contribution is 5.75. The van der Waals surface area contributed by atoms with Gasteiger partial charge in [0.05, 0.1) is 17.9 Å². The van der Waals surface area contributed by atoms with Gasteiger partial charge in [-0.1, -0.05) is 13.8 Å². The second-order valence-corrected chi connectivity index (χ2v) is 6.49. The van der Waals surface area contributed by atoms with E-state index in [1.807, 2.05) is 27.7 Å². The Kier molecular flexibility index (Phi) is 9.33. The van der Waals surface area contributed by atoms with Crippen LogP contribution in [-0.4, -0.2) is 37.4 Å². The maximum absolute atomic E-state index is 11.5. The van der Waals surface area contributed by atoms with Gasteiger partial charge in [0.2, 0.25) is 0 Å². The second-order valence-electron chi connectivity index (χ2n) is 6.49. The third-order valence-electron chi connectivity index (χ3n) is 4.58. The van der Waals surface area contributed by atoms with Crippen molar-refractivity contribution in [3.8, 4) is 0 Å². The lowest BCUT2D eigenvalue weighted by Gasteiger charge is -2.26. The summed E-state index contributed by atoms with van der Waals surface area (Å²) in [6.45, 7) is 8.72. The van der Waals surface area contributed by atoms with Gasteiger partial charge in [-0.3, -0.25) is 9.59 Å². The number of hydrogen-bond donors (Lipinski definition) is 1. The van der Waals surface area contributed by atoms with Crippen LogP contribution in [0.4, 0.5) is 0 Å². The van der Waals surface area contributed by atoms with Crippen molar-refractivity contribution in [2.24, 2.45) is 10.8 Å². The molecule has 0 aliphatic carbocycles. The van der Waals surface area contributed by atoms with Crippen LogP contribution in [0.25, 0.3) is 0 Å². The summed E-state index contributed by atoms with van der Waals surface area (Å²) in [4.78, 5) is 22.9. The van der Waals surface area contributed by atoms with Gasteiger partial charge in [-0.05, 0) is 52.4 Å². The molecule has 0 unspecified atom stereocenters. The van der Waals surface area contributed by atoms with Crippen LogP contribution in [-0.2, 0) is 19.1 Å². The number of ether oxygens (including phenoxy) is 2. The first-order valence-corrected chi connectivity index (χ1v) is 8.15. The first-order valence-electron chi connectivity index (χ1n) is 8.15. The zero-order chi connectivity index (χ0) is 17.2. The van der Waals surface area contributed by atoms with Crippen molar-refractivity contribution in [1.29, 1.82) is 0 Å². The molecule has 0 fully saturated rings. The molecule has 0 saturated heterocycles. The smallest absolute Gasteiger partial charge is 0.311 e. The van der Waals surface area contributed by atoms with Gasteiger partial charge in [0.25, 0.3) is 0 Å². The highest BCUT2D eigenvalue weighted by atomic mass is 16.5. The van der Waals surface area contributed by atoms with E-state index >= 15 is 0 Å². The Labute approximate surface area is 134 Å². The SMILES string of the molecule is CCC(CC)(CCCOCCCC(C)(C)C(=O)OC)C(=O)O. The van der Waals surface area contributed by atoms with E-state index in [-0.39, 0.29) is 5.97 Å². The average Bonchev–Trinajstić information content (AvgIpc) is 2.49. The largest absolute Gasteiger partial charge is 0.481 e. The van der Waals surface area contributed by atoms with Gasteiger partial charge in [-0.15, -0.1) is 0 Å². The van der Waals surface area contributed by atoms with Crippen LogP contribution in [0.5, 0.6) is 0 Å². The molecule has 5 nitrogen and oxygen atoms in total. The van der Waals surface area contributed by atoms with Crippen LogP contribution < -0.4 is 0 Å². The van der Waals surface area contributed by atoms with Gasteiger partial charge in [0.15, 0.2) is 0 Å². The number of carbonyl (C=O) groups is 2. The van der Waals surface area contributed by atoms with Crippen molar-refractivity contribution in [3.63, 3.8) is 0 Å². The van der Waals surface area contributed by atoms with Crippen LogP contribution in [0, 0.1) is 10.8 Å². The number of esters is 1. The summed E-state index contributed by atoms with van der Waals surface area (Å²) in [5.74, 6) is -0.915. The minimum atomic E-state index is -0.711. The Morgan fingerprint density at radius 2 is 1.50 bits per heavy atom. The number of aliphatic carboxylic acids is 1. The van der Waals surface area contributed by atoms with Crippen LogP contribution in [0.1, 0.15) is 66.2 Å². The van der Waals surface area contributed by atoms with Gasteiger partial charge in [-0.2, -0.15) is 0 Å². The van der Waals surface area contributed by atoms with Crippen LogP contribution >= 0.6 is 0 Å². The normalized spacial score (nSPS) is 12.2. The molecule has 0 spiro atoms. The number of rotatable bonds is 12. The number of carboxylic acids is 1. The fourth-order valence-electron chi connectivity index (χ4n) is 2.62. The lowest BCUT2D eigenvalue weighted by molar-refractivity contribution is -0.151. The molecule has 1 N–H and O–H groups in total. The molecular formula is C17H32O5. The molecule has 22 heavy (non-hydrogen) atoms. The molecule has 0 rings (SSSR count). The molecule has 0 aromatic heterocycles. The number of methoxy groups -OCH3 is 1.